The second-order valence-electron chi connectivity index (χ2n) is 4.13. The van der Waals surface area contributed by atoms with Crippen molar-refractivity contribution in [3.8, 4) is 0 Å². The van der Waals surface area contributed by atoms with Crippen LogP contribution in [0.4, 0.5) is 0 Å². The number of unbranched alkanes of at least 4 members (excludes halogenated alkanes) is 1. The van der Waals surface area contributed by atoms with E-state index in [4.69, 9.17) is 16.3 Å². The van der Waals surface area contributed by atoms with Gasteiger partial charge in [0.25, 0.3) is 0 Å². The number of rotatable bonds is 8. The van der Waals surface area contributed by atoms with Crippen LogP contribution in [0.5, 0.6) is 0 Å². The summed E-state index contributed by atoms with van der Waals surface area (Å²) in [5.74, 6) is 1.01. The minimum Gasteiger partial charge on any atom is -0.381 e. The Labute approximate surface area is 118 Å². The molecule has 1 aromatic rings. The van der Waals surface area contributed by atoms with Gasteiger partial charge >= 0.3 is 0 Å². The summed E-state index contributed by atoms with van der Waals surface area (Å²) in [6.45, 7) is 3.83. The average molecular weight is 320 g/mol. The fraction of sp³-hybridized carbons (Fsp3) is 0.571. The Morgan fingerprint density at radius 1 is 1.29 bits per heavy atom. The Bertz CT molecular complexity index is 317. The van der Waals surface area contributed by atoms with E-state index in [0.29, 0.717) is 11.8 Å². The molecule has 0 spiro atoms. The number of alkyl halides is 1. The molecule has 3 heteroatoms. The SMILES string of the molecule is CCCCOCCC(CCl)c1ccccc1Br. The lowest BCUT2D eigenvalue weighted by atomic mass is 9.98. The first-order valence-corrected chi connectivity index (χ1v) is 7.50. The molecule has 1 unspecified atom stereocenters. The first kappa shape index (κ1) is 15.0. The summed E-state index contributed by atoms with van der Waals surface area (Å²) < 4.78 is 6.73. The van der Waals surface area contributed by atoms with Crippen LogP contribution in [-0.4, -0.2) is 19.1 Å². The second kappa shape index (κ2) is 8.96. The van der Waals surface area contributed by atoms with E-state index in [2.05, 4.69) is 41.1 Å². The third-order valence-electron chi connectivity index (χ3n) is 2.78. The van der Waals surface area contributed by atoms with Gasteiger partial charge in [0.05, 0.1) is 0 Å². The Hall–Kier alpha value is -0.0500. The lowest BCUT2D eigenvalue weighted by Crippen LogP contribution is -2.07. The maximum Gasteiger partial charge on any atom is 0.0472 e. The molecular formula is C14H20BrClO. The summed E-state index contributed by atoms with van der Waals surface area (Å²) in [7, 11) is 0. The van der Waals surface area contributed by atoms with Crippen molar-refractivity contribution in [2.45, 2.75) is 32.1 Å². The Balaban J connectivity index is 2.41. The average Bonchev–Trinajstić information content (AvgIpc) is 2.35. The third-order valence-corrected chi connectivity index (χ3v) is 3.88. The van der Waals surface area contributed by atoms with Crippen molar-refractivity contribution < 1.29 is 4.74 Å². The van der Waals surface area contributed by atoms with E-state index in [9.17, 15) is 0 Å². The van der Waals surface area contributed by atoms with Gasteiger partial charge in [-0.1, -0.05) is 47.5 Å². The quantitative estimate of drug-likeness (QED) is 0.485. The van der Waals surface area contributed by atoms with Gasteiger partial charge in [0.15, 0.2) is 0 Å². The molecule has 0 saturated carbocycles. The highest BCUT2D eigenvalue weighted by Gasteiger charge is 2.12. The van der Waals surface area contributed by atoms with Crippen LogP contribution in [0.25, 0.3) is 0 Å². The molecule has 0 aromatic heterocycles. The second-order valence-corrected chi connectivity index (χ2v) is 5.29. The van der Waals surface area contributed by atoms with Gasteiger partial charge in [0, 0.05) is 29.5 Å². The molecule has 0 fully saturated rings. The number of halogens is 2. The highest BCUT2D eigenvalue weighted by Crippen LogP contribution is 2.28. The lowest BCUT2D eigenvalue weighted by molar-refractivity contribution is 0.125. The topological polar surface area (TPSA) is 9.23 Å². The molecule has 0 heterocycles. The molecule has 1 nitrogen and oxygen atoms in total. The number of hydrogen-bond donors (Lipinski definition) is 0. The van der Waals surface area contributed by atoms with E-state index in [1.807, 2.05) is 6.07 Å². The van der Waals surface area contributed by atoms with Gasteiger partial charge < -0.3 is 4.74 Å². The van der Waals surface area contributed by atoms with Crippen molar-refractivity contribution in [3.05, 3.63) is 34.3 Å². The highest BCUT2D eigenvalue weighted by molar-refractivity contribution is 9.10. The van der Waals surface area contributed by atoms with E-state index in [1.165, 1.54) is 12.0 Å². The van der Waals surface area contributed by atoms with Gasteiger partial charge in [0.1, 0.15) is 0 Å². The Kier molecular flexibility index (Phi) is 7.91. The number of ether oxygens (including phenoxy) is 1. The van der Waals surface area contributed by atoms with Crippen molar-refractivity contribution in [1.29, 1.82) is 0 Å². The summed E-state index contributed by atoms with van der Waals surface area (Å²) in [6, 6.07) is 8.27. The maximum absolute atomic E-state index is 6.04. The maximum atomic E-state index is 6.04. The molecule has 0 aliphatic rings. The summed E-state index contributed by atoms with van der Waals surface area (Å²) in [4.78, 5) is 0. The Morgan fingerprint density at radius 2 is 2.06 bits per heavy atom. The predicted molar refractivity (Wildman–Crippen MR) is 77.9 cm³/mol. The fourth-order valence-corrected chi connectivity index (χ4v) is 2.63. The number of benzene rings is 1. The van der Waals surface area contributed by atoms with E-state index in [-0.39, 0.29) is 0 Å². The van der Waals surface area contributed by atoms with Crippen LogP contribution in [-0.2, 0) is 4.74 Å². The van der Waals surface area contributed by atoms with Gasteiger partial charge in [-0.25, -0.2) is 0 Å². The van der Waals surface area contributed by atoms with Crippen LogP contribution < -0.4 is 0 Å². The summed E-state index contributed by atoms with van der Waals surface area (Å²) in [6.07, 6.45) is 3.31. The first-order chi connectivity index (χ1) is 8.29. The van der Waals surface area contributed by atoms with Gasteiger partial charge in [-0.05, 0) is 24.5 Å². The van der Waals surface area contributed by atoms with Crippen LogP contribution in [0.1, 0.15) is 37.7 Å². The van der Waals surface area contributed by atoms with Crippen LogP contribution in [0.3, 0.4) is 0 Å². The van der Waals surface area contributed by atoms with Gasteiger partial charge in [-0.3, -0.25) is 0 Å². The molecule has 0 radical (unpaired) electrons. The molecule has 0 N–H and O–H groups in total. The van der Waals surface area contributed by atoms with Gasteiger partial charge in [-0.2, -0.15) is 0 Å². The molecule has 1 atom stereocenters. The molecule has 0 bridgehead atoms. The highest BCUT2D eigenvalue weighted by atomic mass is 79.9. The molecule has 17 heavy (non-hydrogen) atoms. The van der Waals surface area contributed by atoms with E-state index >= 15 is 0 Å². The predicted octanol–water partition coefficient (Wildman–Crippen LogP) is 4.98. The van der Waals surface area contributed by atoms with E-state index in [0.717, 1.165) is 30.5 Å². The molecule has 96 valence electrons. The lowest BCUT2D eigenvalue weighted by Gasteiger charge is -2.16. The summed E-state index contributed by atoms with van der Waals surface area (Å²) in [5, 5.41) is 0. The van der Waals surface area contributed by atoms with Crippen molar-refractivity contribution >= 4 is 27.5 Å². The number of hydrogen-bond acceptors (Lipinski definition) is 1. The fourth-order valence-electron chi connectivity index (χ4n) is 1.70. The van der Waals surface area contributed by atoms with Crippen molar-refractivity contribution in [3.63, 3.8) is 0 Å². The van der Waals surface area contributed by atoms with E-state index in [1.54, 1.807) is 0 Å². The zero-order chi connectivity index (χ0) is 12.5. The molecular weight excluding hydrogens is 300 g/mol. The molecule has 0 aliphatic heterocycles. The molecule has 0 aliphatic carbocycles. The minimum atomic E-state index is 0.369. The smallest absolute Gasteiger partial charge is 0.0472 e. The normalized spacial score (nSPS) is 12.6. The van der Waals surface area contributed by atoms with Crippen LogP contribution in [0.15, 0.2) is 28.7 Å². The van der Waals surface area contributed by atoms with Crippen molar-refractivity contribution in [2.75, 3.05) is 19.1 Å². The van der Waals surface area contributed by atoms with Crippen molar-refractivity contribution in [1.82, 2.24) is 0 Å². The molecule has 1 aromatic carbocycles. The zero-order valence-electron chi connectivity index (χ0n) is 10.3. The zero-order valence-corrected chi connectivity index (χ0v) is 12.6. The van der Waals surface area contributed by atoms with Gasteiger partial charge in [-0.15, -0.1) is 11.6 Å². The molecule has 0 saturated heterocycles. The van der Waals surface area contributed by atoms with Gasteiger partial charge in [0.2, 0.25) is 0 Å². The first-order valence-electron chi connectivity index (χ1n) is 6.17. The summed E-state index contributed by atoms with van der Waals surface area (Å²) in [5.41, 5.74) is 1.28. The Morgan fingerprint density at radius 3 is 2.71 bits per heavy atom. The third kappa shape index (κ3) is 5.41. The summed E-state index contributed by atoms with van der Waals surface area (Å²) >= 11 is 9.61. The molecule has 0 amide bonds. The van der Waals surface area contributed by atoms with Crippen LogP contribution >= 0.6 is 27.5 Å². The minimum absolute atomic E-state index is 0.369. The van der Waals surface area contributed by atoms with Crippen molar-refractivity contribution in [2.24, 2.45) is 0 Å². The van der Waals surface area contributed by atoms with Crippen LogP contribution in [0, 0.1) is 0 Å². The monoisotopic (exact) mass is 318 g/mol. The molecule has 1 rings (SSSR count). The largest absolute Gasteiger partial charge is 0.381 e. The van der Waals surface area contributed by atoms with Crippen LogP contribution in [0.2, 0.25) is 0 Å². The standard InChI is InChI=1S/C14H20BrClO/c1-2-3-9-17-10-8-12(11-16)13-6-4-5-7-14(13)15/h4-7,12H,2-3,8-11H2,1H3. The van der Waals surface area contributed by atoms with E-state index < -0.39 is 0 Å².